The molecular weight excluding hydrogens is 360 g/mol. The van der Waals surface area contributed by atoms with Crippen molar-refractivity contribution in [2.24, 2.45) is 5.73 Å². The number of benzene rings is 2. The van der Waals surface area contributed by atoms with Crippen molar-refractivity contribution < 1.29 is 4.74 Å². The number of rotatable bonds is 6. The Hall–Kier alpha value is -3.99. The third-order valence-corrected chi connectivity index (χ3v) is 4.61. The summed E-state index contributed by atoms with van der Waals surface area (Å²) in [7, 11) is 0. The van der Waals surface area contributed by atoms with Gasteiger partial charge < -0.3 is 10.5 Å². The fourth-order valence-corrected chi connectivity index (χ4v) is 3.07. The van der Waals surface area contributed by atoms with E-state index in [4.69, 9.17) is 15.9 Å². The highest BCUT2D eigenvalue weighted by molar-refractivity contribution is 6.30. The van der Waals surface area contributed by atoms with Crippen LogP contribution in [0, 0.1) is 5.41 Å². The van der Waals surface area contributed by atoms with Gasteiger partial charge in [-0.1, -0.05) is 24.3 Å². The summed E-state index contributed by atoms with van der Waals surface area (Å²) in [5.41, 5.74) is 10.2. The highest BCUT2D eigenvalue weighted by Gasteiger charge is 2.10. The standard InChI is InChI=1S/C24H20N4O/c25-15-22(17-11-13-27-14-12-17)24(26)19-6-9-21(10-7-19)29-16-20-8-5-18-3-1-2-4-23(18)28-20/h1-15,26H,16,25H2/b22-15-,26-24?. The minimum Gasteiger partial charge on any atom is -0.487 e. The summed E-state index contributed by atoms with van der Waals surface area (Å²) in [4.78, 5) is 8.63. The highest BCUT2D eigenvalue weighted by atomic mass is 16.5. The molecule has 5 nitrogen and oxygen atoms in total. The van der Waals surface area contributed by atoms with Crippen LogP contribution in [0.15, 0.2) is 91.4 Å². The average Bonchev–Trinajstić information content (AvgIpc) is 2.79. The van der Waals surface area contributed by atoms with Crippen LogP contribution in [0.3, 0.4) is 0 Å². The van der Waals surface area contributed by atoms with E-state index in [2.05, 4.69) is 9.97 Å². The first-order valence-corrected chi connectivity index (χ1v) is 9.24. The van der Waals surface area contributed by atoms with Gasteiger partial charge in [0, 0.05) is 35.1 Å². The number of pyridine rings is 2. The van der Waals surface area contributed by atoms with Gasteiger partial charge >= 0.3 is 0 Å². The third kappa shape index (κ3) is 4.14. The SMILES string of the molecule is N=C(/C(=C\N)c1ccncc1)c1ccc(OCc2ccc3ccccc3n2)cc1. The number of hydrogen-bond donors (Lipinski definition) is 2. The Morgan fingerprint density at radius 1 is 0.897 bits per heavy atom. The number of allylic oxidation sites excluding steroid dienone is 1. The number of ether oxygens (including phenoxy) is 1. The molecule has 2 aromatic carbocycles. The van der Waals surface area contributed by atoms with Gasteiger partial charge in [0.15, 0.2) is 0 Å². The quantitative estimate of drug-likeness (QED) is 0.480. The van der Waals surface area contributed by atoms with E-state index in [-0.39, 0.29) is 0 Å². The predicted octanol–water partition coefficient (Wildman–Crippen LogP) is 4.58. The Kier molecular flexibility index (Phi) is 5.29. The van der Waals surface area contributed by atoms with Gasteiger partial charge in [-0.25, -0.2) is 4.98 Å². The Morgan fingerprint density at radius 2 is 1.66 bits per heavy atom. The molecule has 29 heavy (non-hydrogen) atoms. The van der Waals surface area contributed by atoms with E-state index < -0.39 is 0 Å². The van der Waals surface area contributed by atoms with Crippen molar-refractivity contribution in [3.63, 3.8) is 0 Å². The Bertz CT molecular complexity index is 1170. The second-order valence-electron chi connectivity index (χ2n) is 6.50. The first-order valence-electron chi connectivity index (χ1n) is 9.24. The van der Waals surface area contributed by atoms with E-state index in [0.717, 1.165) is 33.5 Å². The number of aromatic nitrogens is 2. The summed E-state index contributed by atoms with van der Waals surface area (Å²) in [5, 5.41) is 9.60. The molecule has 0 aliphatic heterocycles. The van der Waals surface area contributed by atoms with E-state index in [1.54, 1.807) is 12.4 Å². The molecule has 3 N–H and O–H groups in total. The smallest absolute Gasteiger partial charge is 0.130 e. The molecule has 0 amide bonds. The van der Waals surface area contributed by atoms with Gasteiger partial charge in [0.1, 0.15) is 12.4 Å². The predicted molar refractivity (Wildman–Crippen MR) is 116 cm³/mol. The van der Waals surface area contributed by atoms with Crippen molar-refractivity contribution in [3.8, 4) is 5.75 Å². The zero-order chi connectivity index (χ0) is 20.1. The summed E-state index contributed by atoms with van der Waals surface area (Å²) < 4.78 is 5.87. The maximum Gasteiger partial charge on any atom is 0.130 e. The number of nitrogens with two attached hydrogens (primary N) is 1. The van der Waals surface area contributed by atoms with Gasteiger partial charge in [0.2, 0.25) is 0 Å². The van der Waals surface area contributed by atoms with Crippen LogP contribution in [0.25, 0.3) is 16.5 Å². The Balaban J connectivity index is 1.45. The number of fused-ring (bicyclic) bond motifs is 1. The lowest BCUT2D eigenvalue weighted by Gasteiger charge is -2.11. The fourth-order valence-electron chi connectivity index (χ4n) is 3.07. The Morgan fingerprint density at radius 3 is 2.41 bits per heavy atom. The maximum atomic E-state index is 8.49. The first-order chi connectivity index (χ1) is 14.2. The monoisotopic (exact) mass is 380 g/mol. The van der Waals surface area contributed by atoms with Crippen LogP contribution in [0.5, 0.6) is 5.75 Å². The number of para-hydroxylation sites is 1. The molecule has 0 fully saturated rings. The lowest BCUT2D eigenvalue weighted by Crippen LogP contribution is -2.05. The van der Waals surface area contributed by atoms with Crippen molar-refractivity contribution in [3.05, 3.63) is 108 Å². The number of nitrogens with zero attached hydrogens (tertiary/aromatic N) is 2. The minimum atomic E-state index is 0.349. The van der Waals surface area contributed by atoms with Crippen LogP contribution >= 0.6 is 0 Å². The molecule has 0 spiro atoms. The summed E-state index contributed by atoms with van der Waals surface area (Å²) >= 11 is 0. The summed E-state index contributed by atoms with van der Waals surface area (Å²) in [6, 6.07) is 23.1. The topological polar surface area (TPSA) is 84.9 Å². The molecule has 0 unspecified atom stereocenters. The molecule has 0 aliphatic rings. The molecule has 0 radical (unpaired) electrons. The second-order valence-corrected chi connectivity index (χ2v) is 6.50. The Labute approximate surface area is 169 Å². The van der Waals surface area contributed by atoms with E-state index in [1.165, 1.54) is 6.20 Å². The lowest BCUT2D eigenvalue weighted by molar-refractivity contribution is 0.302. The van der Waals surface area contributed by atoms with Gasteiger partial charge in [-0.15, -0.1) is 0 Å². The van der Waals surface area contributed by atoms with Crippen molar-refractivity contribution >= 4 is 22.2 Å². The van der Waals surface area contributed by atoms with Crippen LogP contribution in [0.2, 0.25) is 0 Å². The van der Waals surface area contributed by atoms with E-state index in [9.17, 15) is 0 Å². The third-order valence-electron chi connectivity index (χ3n) is 4.61. The zero-order valence-corrected chi connectivity index (χ0v) is 15.7. The van der Waals surface area contributed by atoms with Gasteiger partial charge in [0.05, 0.1) is 16.9 Å². The molecule has 0 bridgehead atoms. The van der Waals surface area contributed by atoms with Gasteiger partial charge in [-0.3, -0.25) is 10.4 Å². The maximum absolute atomic E-state index is 8.49. The number of hydrogen-bond acceptors (Lipinski definition) is 5. The molecular formula is C24H20N4O. The fraction of sp³-hybridized carbons (Fsp3) is 0.0417. The van der Waals surface area contributed by atoms with Crippen molar-refractivity contribution in [1.29, 1.82) is 5.41 Å². The van der Waals surface area contributed by atoms with Crippen molar-refractivity contribution in [2.75, 3.05) is 0 Å². The van der Waals surface area contributed by atoms with Crippen LogP contribution in [0.1, 0.15) is 16.8 Å². The summed E-state index contributed by atoms with van der Waals surface area (Å²) in [6.45, 7) is 0.382. The normalized spacial score (nSPS) is 11.4. The summed E-state index contributed by atoms with van der Waals surface area (Å²) in [5.74, 6) is 0.721. The van der Waals surface area contributed by atoms with Gasteiger partial charge in [-0.05, 0) is 54.1 Å². The average molecular weight is 380 g/mol. The van der Waals surface area contributed by atoms with Gasteiger partial charge in [-0.2, -0.15) is 0 Å². The first kappa shape index (κ1) is 18.4. The highest BCUT2D eigenvalue weighted by Crippen LogP contribution is 2.21. The largest absolute Gasteiger partial charge is 0.487 e. The number of nitrogens with one attached hydrogen (secondary N) is 1. The minimum absolute atomic E-state index is 0.349. The van der Waals surface area contributed by atoms with Crippen LogP contribution in [0.4, 0.5) is 0 Å². The van der Waals surface area contributed by atoms with Crippen molar-refractivity contribution in [1.82, 2.24) is 9.97 Å². The van der Waals surface area contributed by atoms with E-state index in [0.29, 0.717) is 17.9 Å². The van der Waals surface area contributed by atoms with Gasteiger partial charge in [0.25, 0.3) is 0 Å². The van der Waals surface area contributed by atoms with E-state index in [1.807, 2.05) is 72.8 Å². The van der Waals surface area contributed by atoms with Crippen LogP contribution < -0.4 is 10.5 Å². The molecule has 5 heteroatoms. The molecule has 142 valence electrons. The molecule has 4 aromatic rings. The molecule has 0 aliphatic carbocycles. The lowest BCUT2D eigenvalue weighted by atomic mass is 9.97. The molecule has 4 rings (SSSR count). The van der Waals surface area contributed by atoms with Crippen LogP contribution in [-0.2, 0) is 6.61 Å². The van der Waals surface area contributed by atoms with E-state index >= 15 is 0 Å². The zero-order valence-electron chi connectivity index (χ0n) is 15.7. The second kappa shape index (κ2) is 8.35. The molecule has 0 saturated heterocycles. The molecule has 2 aromatic heterocycles. The molecule has 2 heterocycles. The summed E-state index contributed by atoms with van der Waals surface area (Å²) in [6.07, 6.45) is 4.82. The van der Waals surface area contributed by atoms with Crippen molar-refractivity contribution in [2.45, 2.75) is 6.61 Å². The molecule has 0 saturated carbocycles. The van der Waals surface area contributed by atoms with Crippen LogP contribution in [-0.4, -0.2) is 15.7 Å². The molecule has 0 atom stereocenters.